The zero-order chi connectivity index (χ0) is 15.3. The fourth-order valence-corrected chi connectivity index (χ4v) is 1.94. The van der Waals surface area contributed by atoms with Gasteiger partial charge in [0.05, 0.1) is 24.2 Å². The van der Waals surface area contributed by atoms with Crippen LogP contribution in [0.1, 0.15) is 19.0 Å². The van der Waals surface area contributed by atoms with E-state index in [1.54, 1.807) is 12.1 Å². The molecule has 0 amide bonds. The number of ether oxygens (including phenoxy) is 1. The molecule has 0 unspecified atom stereocenters. The number of nitrogens with zero attached hydrogens (tertiary/aromatic N) is 1. The number of nitrogens with one attached hydrogen (secondary N) is 1. The van der Waals surface area contributed by atoms with Crippen molar-refractivity contribution < 1.29 is 17.9 Å². The van der Waals surface area contributed by atoms with E-state index in [9.17, 15) is 13.2 Å². The lowest BCUT2D eigenvalue weighted by Gasteiger charge is -2.12. The van der Waals surface area contributed by atoms with Gasteiger partial charge < -0.3 is 10.1 Å². The fraction of sp³-hybridized carbons (Fsp3) is 0.400. The molecule has 0 aliphatic carbocycles. The summed E-state index contributed by atoms with van der Waals surface area (Å²) < 4.78 is 42.0. The molecule has 0 saturated heterocycles. The third kappa shape index (κ3) is 4.60. The van der Waals surface area contributed by atoms with Crippen molar-refractivity contribution in [2.24, 2.45) is 0 Å². The predicted octanol–water partition coefficient (Wildman–Crippen LogP) is 3.68. The molecule has 0 aliphatic heterocycles. The summed E-state index contributed by atoms with van der Waals surface area (Å²) in [7, 11) is 0. The summed E-state index contributed by atoms with van der Waals surface area (Å²) in [4.78, 5) is 4.47. The van der Waals surface area contributed by atoms with E-state index in [4.69, 9.17) is 4.74 Å². The second-order valence-electron chi connectivity index (χ2n) is 4.62. The molecule has 2 aromatic rings. The Balaban J connectivity index is 2.22. The van der Waals surface area contributed by atoms with Gasteiger partial charge in [-0.15, -0.1) is 0 Å². The Hall–Kier alpha value is -1.82. The zero-order valence-corrected chi connectivity index (χ0v) is 11.7. The molecule has 114 valence electrons. The van der Waals surface area contributed by atoms with Gasteiger partial charge in [0, 0.05) is 18.0 Å². The van der Waals surface area contributed by atoms with Crippen molar-refractivity contribution >= 4 is 10.9 Å². The fourth-order valence-electron chi connectivity index (χ4n) is 1.94. The Morgan fingerprint density at radius 1 is 1.24 bits per heavy atom. The number of aromatic nitrogens is 1. The highest BCUT2D eigenvalue weighted by molar-refractivity contribution is 5.85. The summed E-state index contributed by atoms with van der Waals surface area (Å²) in [6.45, 7) is 2.93. The molecular weight excluding hydrogens is 281 g/mol. The first-order valence-electron chi connectivity index (χ1n) is 6.78. The minimum absolute atomic E-state index is 0.391. The summed E-state index contributed by atoms with van der Waals surface area (Å²) in [6.07, 6.45) is -5.18. The van der Waals surface area contributed by atoms with Crippen molar-refractivity contribution in [3.63, 3.8) is 0 Å². The molecule has 0 atom stereocenters. The molecule has 1 heterocycles. The first-order valence-corrected chi connectivity index (χ1v) is 6.78. The maximum Gasteiger partial charge on any atom is 0.392 e. The average molecular weight is 298 g/mol. The standard InChI is InChI=1S/C15H17F3N2O/c1-2-19-10-11-9-14(21-8-7-15(16,17)18)12-5-3-4-6-13(12)20-11/h3-6,9,19H,2,7-8,10H2,1H3. The first kappa shape index (κ1) is 15.6. The van der Waals surface area contributed by atoms with E-state index in [1.807, 2.05) is 25.1 Å². The molecule has 21 heavy (non-hydrogen) atoms. The molecule has 1 aromatic heterocycles. The number of rotatable bonds is 6. The highest BCUT2D eigenvalue weighted by atomic mass is 19.4. The third-order valence-electron chi connectivity index (χ3n) is 2.93. The minimum Gasteiger partial charge on any atom is -0.492 e. The topological polar surface area (TPSA) is 34.1 Å². The number of halogens is 3. The lowest BCUT2D eigenvalue weighted by atomic mass is 10.2. The van der Waals surface area contributed by atoms with Crippen molar-refractivity contribution in [3.05, 3.63) is 36.0 Å². The van der Waals surface area contributed by atoms with Crippen LogP contribution in [0, 0.1) is 0 Å². The van der Waals surface area contributed by atoms with Crippen LogP contribution in [-0.2, 0) is 6.54 Å². The monoisotopic (exact) mass is 298 g/mol. The number of alkyl halides is 3. The van der Waals surface area contributed by atoms with Crippen LogP contribution in [0.2, 0.25) is 0 Å². The summed E-state index contributed by atoms with van der Waals surface area (Å²) in [5.74, 6) is 0.442. The molecule has 2 rings (SSSR count). The molecule has 0 spiro atoms. The van der Waals surface area contributed by atoms with Crippen molar-refractivity contribution in [2.45, 2.75) is 26.1 Å². The Labute approximate surface area is 121 Å². The molecule has 0 fully saturated rings. The van der Waals surface area contributed by atoms with Gasteiger partial charge in [-0.25, -0.2) is 0 Å². The van der Waals surface area contributed by atoms with E-state index in [-0.39, 0.29) is 0 Å². The summed E-state index contributed by atoms with van der Waals surface area (Å²) in [5, 5.41) is 3.86. The lowest BCUT2D eigenvalue weighted by Crippen LogP contribution is -2.15. The second-order valence-corrected chi connectivity index (χ2v) is 4.62. The van der Waals surface area contributed by atoms with E-state index in [0.29, 0.717) is 12.3 Å². The minimum atomic E-state index is -4.21. The quantitative estimate of drug-likeness (QED) is 0.883. The van der Waals surface area contributed by atoms with Gasteiger partial charge in [0.15, 0.2) is 0 Å². The van der Waals surface area contributed by atoms with E-state index >= 15 is 0 Å². The van der Waals surface area contributed by atoms with Crippen LogP contribution >= 0.6 is 0 Å². The summed E-state index contributed by atoms with van der Waals surface area (Å²) in [6, 6.07) is 8.96. The van der Waals surface area contributed by atoms with Crippen molar-refractivity contribution in [2.75, 3.05) is 13.2 Å². The molecule has 0 aliphatic rings. The van der Waals surface area contributed by atoms with Crippen LogP contribution < -0.4 is 10.1 Å². The highest BCUT2D eigenvalue weighted by Gasteiger charge is 2.27. The van der Waals surface area contributed by atoms with Gasteiger partial charge in [-0.3, -0.25) is 4.98 Å². The largest absolute Gasteiger partial charge is 0.492 e. The first-order chi connectivity index (χ1) is 9.99. The molecule has 0 radical (unpaired) electrons. The van der Waals surface area contributed by atoms with E-state index in [0.717, 1.165) is 23.1 Å². The van der Waals surface area contributed by atoms with Gasteiger partial charge in [0.25, 0.3) is 0 Å². The predicted molar refractivity (Wildman–Crippen MR) is 75.3 cm³/mol. The number of fused-ring (bicyclic) bond motifs is 1. The van der Waals surface area contributed by atoms with Crippen molar-refractivity contribution in [3.8, 4) is 5.75 Å². The third-order valence-corrected chi connectivity index (χ3v) is 2.93. The summed E-state index contributed by atoms with van der Waals surface area (Å²) >= 11 is 0. The number of hydrogen-bond acceptors (Lipinski definition) is 3. The smallest absolute Gasteiger partial charge is 0.392 e. The van der Waals surface area contributed by atoms with E-state index in [1.165, 1.54) is 0 Å². The van der Waals surface area contributed by atoms with Crippen LogP contribution in [0.3, 0.4) is 0 Å². The maximum absolute atomic E-state index is 12.2. The second kappa shape index (κ2) is 6.76. The van der Waals surface area contributed by atoms with Crippen molar-refractivity contribution in [1.29, 1.82) is 0 Å². The highest BCUT2D eigenvalue weighted by Crippen LogP contribution is 2.27. The molecule has 6 heteroatoms. The van der Waals surface area contributed by atoms with Crippen LogP contribution in [0.15, 0.2) is 30.3 Å². The summed E-state index contributed by atoms with van der Waals surface area (Å²) in [5.41, 5.74) is 1.47. The lowest BCUT2D eigenvalue weighted by molar-refractivity contribution is -0.139. The molecule has 0 saturated carbocycles. The van der Waals surface area contributed by atoms with Crippen LogP contribution in [0.4, 0.5) is 13.2 Å². The van der Waals surface area contributed by atoms with E-state index in [2.05, 4.69) is 10.3 Å². The van der Waals surface area contributed by atoms with E-state index < -0.39 is 19.2 Å². The Bertz CT molecular complexity index is 599. The maximum atomic E-state index is 12.2. The Morgan fingerprint density at radius 3 is 2.71 bits per heavy atom. The number of hydrogen-bond donors (Lipinski definition) is 1. The van der Waals surface area contributed by atoms with Gasteiger partial charge in [0.1, 0.15) is 5.75 Å². The molecule has 3 nitrogen and oxygen atoms in total. The SMILES string of the molecule is CCNCc1cc(OCCC(F)(F)F)c2ccccc2n1. The zero-order valence-electron chi connectivity index (χ0n) is 11.7. The molecular formula is C15H17F3N2O. The van der Waals surface area contributed by atoms with Crippen LogP contribution in [0.5, 0.6) is 5.75 Å². The van der Waals surface area contributed by atoms with Crippen molar-refractivity contribution in [1.82, 2.24) is 10.3 Å². The van der Waals surface area contributed by atoms with Gasteiger partial charge >= 0.3 is 6.18 Å². The van der Waals surface area contributed by atoms with Gasteiger partial charge in [0.2, 0.25) is 0 Å². The normalized spacial score (nSPS) is 11.8. The van der Waals surface area contributed by atoms with Gasteiger partial charge in [-0.05, 0) is 18.7 Å². The van der Waals surface area contributed by atoms with Gasteiger partial charge in [-0.2, -0.15) is 13.2 Å². The molecule has 0 bridgehead atoms. The number of para-hydroxylation sites is 1. The van der Waals surface area contributed by atoms with Gasteiger partial charge in [-0.1, -0.05) is 19.1 Å². The van der Waals surface area contributed by atoms with Crippen LogP contribution in [-0.4, -0.2) is 24.3 Å². The van der Waals surface area contributed by atoms with Crippen LogP contribution in [0.25, 0.3) is 10.9 Å². The number of pyridine rings is 1. The average Bonchev–Trinajstić information content (AvgIpc) is 2.43. The molecule has 1 aromatic carbocycles. The molecule has 1 N–H and O–H groups in total. The number of benzene rings is 1. The Morgan fingerprint density at radius 2 is 2.00 bits per heavy atom. The Kier molecular flexibility index (Phi) is 5.01.